The molecule has 0 atom stereocenters. The molecule has 0 saturated heterocycles. The Morgan fingerprint density at radius 1 is 1.00 bits per heavy atom. The summed E-state index contributed by atoms with van der Waals surface area (Å²) in [5, 5.41) is 0. The molecule has 0 aliphatic carbocycles. The summed E-state index contributed by atoms with van der Waals surface area (Å²) in [6.45, 7) is 0. The van der Waals surface area contributed by atoms with Gasteiger partial charge in [0.25, 0.3) is 10.0 Å². The fourth-order valence-corrected chi connectivity index (χ4v) is 2.47. The normalized spacial score (nSPS) is 12.0. The molecular formula is C16H15NO3S. The van der Waals surface area contributed by atoms with Crippen LogP contribution in [-0.4, -0.2) is 21.7 Å². The summed E-state index contributed by atoms with van der Waals surface area (Å²) in [4.78, 5) is 0.132. The number of methoxy groups -OCH3 is 1. The summed E-state index contributed by atoms with van der Waals surface area (Å²) in [5.74, 6) is 0.599. The van der Waals surface area contributed by atoms with Gasteiger partial charge >= 0.3 is 0 Å². The molecule has 0 radical (unpaired) electrons. The van der Waals surface area contributed by atoms with Gasteiger partial charge in [0.05, 0.1) is 12.0 Å². The Bertz CT molecular complexity index is 733. The van der Waals surface area contributed by atoms with Crippen LogP contribution in [0.2, 0.25) is 0 Å². The quantitative estimate of drug-likeness (QED) is 0.797. The van der Waals surface area contributed by atoms with E-state index in [2.05, 4.69) is 4.40 Å². The van der Waals surface area contributed by atoms with Gasteiger partial charge in [-0.1, -0.05) is 36.4 Å². The number of ether oxygens (including phenoxy) is 1. The van der Waals surface area contributed by atoms with Gasteiger partial charge in [0, 0.05) is 6.21 Å². The third-order valence-electron chi connectivity index (χ3n) is 2.73. The van der Waals surface area contributed by atoms with E-state index in [-0.39, 0.29) is 4.90 Å². The predicted molar refractivity (Wildman–Crippen MR) is 84.1 cm³/mol. The molecule has 21 heavy (non-hydrogen) atoms. The molecule has 5 heteroatoms. The SMILES string of the molecule is COc1ccc(S(=O)(=O)N=CC=Cc2ccccc2)cc1. The molecule has 0 aliphatic rings. The number of nitrogens with zero attached hydrogens (tertiary/aromatic N) is 1. The van der Waals surface area contributed by atoms with E-state index < -0.39 is 10.0 Å². The first kappa shape index (κ1) is 15.0. The average molecular weight is 301 g/mol. The lowest BCUT2D eigenvalue weighted by atomic mass is 10.2. The Hall–Kier alpha value is -2.40. The largest absolute Gasteiger partial charge is 0.497 e. The summed E-state index contributed by atoms with van der Waals surface area (Å²) < 4.78 is 32.5. The molecular weight excluding hydrogens is 286 g/mol. The van der Waals surface area contributed by atoms with Crippen molar-refractivity contribution < 1.29 is 13.2 Å². The highest BCUT2D eigenvalue weighted by atomic mass is 32.2. The van der Waals surface area contributed by atoms with Crippen LogP contribution in [0.15, 0.2) is 70.0 Å². The van der Waals surface area contributed by atoms with E-state index in [1.165, 1.54) is 25.5 Å². The molecule has 0 aliphatic heterocycles. The van der Waals surface area contributed by atoms with Crippen molar-refractivity contribution in [2.24, 2.45) is 4.40 Å². The van der Waals surface area contributed by atoms with Crippen LogP contribution in [0.4, 0.5) is 0 Å². The molecule has 4 nitrogen and oxygen atoms in total. The second kappa shape index (κ2) is 6.85. The summed E-state index contributed by atoms with van der Waals surface area (Å²) in [7, 11) is -2.15. The number of hydrogen-bond acceptors (Lipinski definition) is 3. The molecule has 0 amide bonds. The standard InChI is InChI=1S/C16H15NO3S/c1-20-15-9-11-16(12-10-15)21(18,19)17-13-5-8-14-6-3-2-4-7-14/h2-13H,1H3. The highest BCUT2D eigenvalue weighted by Gasteiger charge is 2.10. The van der Waals surface area contributed by atoms with Gasteiger partial charge in [-0.15, -0.1) is 0 Å². The second-order valence-electron chi connectivity index (χ2n) is 4.17. The summed E-state index contributed by atoms with van der Waals surface area (Å²) in [6, 6.07) is 15.7. The molecule has 2 aromatic carbocycles. The molecule has 0 heterocycles. The fourth-order valence-electron chi connectivity index (χ4n) is 1.64. The topological polar surface area (TPSA) is 55.7 Å². The van der Waals surface area contributed by atoms with Crippen molar-refractivity contribution in [3.63, 3.8) is 0 Å². The van der Waals surface area contributed by atoms with Gasteiger partial charge in [-0.25, -0.2) is 0 Å². The maximum atomic E-state index is 12.0. The smallest absolute Gasteiger partial charge is 0.282 e. The van der Waals surface area contributed by atoms with E-state index >= 15 is 0 Å². The van der Waals surface area contributed by atoms with Crippen molar-refractivity contribution in [1.82, 2.24) is 0 Å². The van der Waals surface area contributed by atoms with E-state index in [9.17, 15) is 8.42 Å². The molecule has 0 N–H and O–H groups in total. The zero-order valence-corrected chi connectivity index (χ0v) is 12.3. The van der Waals surface area contributed by atoms with Gasteiger partial charge in [0.15, 0.2) is 0 Å². The highest BCUT2D eigenvalue weighted by molar-refractivity contribution is 7.90. The zero-order chi connectivity index (χ0) is 15.1. The predicted octanol–water partition coefficient (Wildman–Crippen LogP) is 3.17. The van der Waals surface area contributed by atoms with Crippen LogP contribution in [0.3, 0.4) is 0 Å². The first-order valence-electron chi connectivity index (χ1n) is 6.28. The lowest BCUT2D eigenvalue weighted by Gasteiger charge is -2.00. The van der Waals surface area contributed by atoms with Crippen molar-refractivity contribution in [2.75, 3.05) is 7.11 Å². The van der Waals surface area contributed by atoms with Crippen molar-refractivity contribution in [3.8, 4) is 5.75 Å². The number of benzene rings is 2. The minimum atomic E-state index is -3.68. The molecule has 108 valence electrons. The third kappa shape index (κ3) is 4.29. The fraction of sp³-hybridized carbons (Fsp3) is 0.0625. The molecule has 2 rings (SSSR count). The van der Waals surface area contributed by atoms with Crippen molar-refractivity contribution >= 4 is 22.3 Å². The van der Waals surface area contributed by atoms with Gasteiger partial charge < -0.3 is 4.74 Å². The number of hydrogen-bond donors (Lipinski definition) is 0. The molecule has 0 unspecified atom stereocenters. The van der Waals surface area contributed by atoms with Crippen LogP contribution >= 0.6 is 0 Å². The lowest BCUT2D eigenvalue weighted by Crippen LogP contribution is -1.96. The zero-order valence-electron chi connectivity index (χ0n) is 11.5. The number of allylic oxidation sites excluding steroid dienone is 1. The molecule has 2 aromatic rings. The van der Waals surface area contributed by atoms with E-state index in [1.54, 1.807) is 24.3 Å². The molecule has 0 bridgehead atoms. The molecule has 0 saturated carbocycles. The Balaban J connectivity index is 2.09. The second-order valence-corrected chi connectivity index (χ2v) is 5.81. The van der Waals surface area contributed by atoms with Crippen molar-refractivity contribution in [2.45, 2.75) is 4.90 Å². The van der Waals surface area contributed by atoms with Crippen molar-refractivity contribution in [3.05, 3.63) is 66.2 Å². The van der Waals surface area contributed by atoms with Crippen LogP contribution in [0.1, 0.15) is 5.56 Å². The minimum absolute atomic E-state index is 0.132. The lowest BCUT2D eigenvalue weighted by molar-refractivity contribution is 0.414. The van der Waals surface area contributed by atoms with Gasteiger partial charge in [-0.3, -0.25) is 0 Å². The number of sulfonamides is 1. The van der Waals surface area contributed by atoms with Crippen LogP contribution in [-0.2, 0) is 10.0 Å². The van der Waals surface area contributed by atoms with E-state index in [0.717, 1.165) is 5.56 Å². The van der Waals surface area contributed by atoms with Gasteiger partial charge in [-0.05, 0) is 35.9 Å². The van der Waals surface area contributed by atoms with Gasteiger partial charge in [-0.2, -0.15) is 12.8 Å². The highest BCUT2D eigenvalue weighted by Crippen LogP contribution is 2.17. The first-order valence-corrected chi connectivity index (χ1v) is 7.72. The third-order valence-corrected chi connectivity index (χ3v) is 4.00. The van der Waals surface area contributed by atoms with Crippen LogP contribution in [0.25, 0.3) is 6.08 Å². The van der Waals surface area contributed by atoms with E-state index in [1.807, 2.05) is 30.3 Å². The average Bonchev–Trinajstić information content (AvgIpc) is 2.53. The Morgan fingerprint density at radius 3 is 2.29 bits per heavy atom. The van der Waals surface area contributed by atoms with E-state index in [4.69, 9.17) is 4.74 Å². The maximum absolute atomic E-state index is 12.0. The Labute approximate surface area is 124 Å². The van der Waals surface area contributed by atoms with Crippen LogP contribution in [0, 0.1) is 0 Å². The summed E-state index contributed by atoms with van der Waals surface area (Å²) in [6.07, 6.45) is 4.65. The van der Waals surface area contributed by atoms with E-state index in [0.29, 0.717) is 5.75 Å². The molecule has 0 spiro atoms. The Kier molecular flexibility index (Phi) is 4.90. The summed E-state index contributed by atoms with van der Waals surface area (Å²) >= 11 is 0. The summed E-state index contributed by atoms with van der Waals surface area (Å²) in [5.41, 5.74) is 0.978. The number of rotatable bonds is 5. The first-order chi connectivity index (χ1) is 10.1. The van der Waals surface area contributed by atoms with Crippen molar-refractivity contribution in [1.29, 1.82) is 0 Å². The van der Waals surface area contributed by atoms with Crippen LogP contribution < -0.4 is 4.74 Å². The molecule has 0 fully saturated rings. The van der Waals surface area contributed by atoms with Gasteiger partial charge in [0.1, 0.15) is 5.75 Å². The van der Waals surface area contributed by atoms with Gasteiger partial charge in [0.2, 0.25) is 0 Å². The van der Waals surface area contributed by atoms with Crippen LogP contribution in [0.5, 0.6) is 5.75 Å². The maximum Gasteiger partial charge on any atom is 0.282 e. The molecule has 0 aromatic heterocycles. The minimum Gasteiger partial charge on any atom is -0.497 e. The Morgan fingerprint density at radius 2 is 1.67 bits per heavy atom. The monoisotopic (exact) mass is 301 g/mol.